The van der Waals surface area contributed by atoms with Crippen LogP contribution in [0.5, 0.6) is 5.75 Å². The number of carbonyl (C=O) groups excluding carboxylic acids is 3. The molecule has 6 rings (SSSR count). The third-order valence-corrected chi connectivity index (χ3v) is 7.91. The molecule has 12 nitrogen and oxygen atoms in total. The highest BCUT2D eigenvalue weighted by Crippen LogP contribution is 2.31. The standard InChI is InChI=1S/C33H38N6O6/c1-33(2,3)45-32(42)38-15-13-37(14-16-38)28-11-12-34-19-27(28)36-30(40)26-7-4-8-29(35-26)39-20-22-9-10-23(18-25(22)31(39)41)44-21-24-6-5-17-43-24/h4,7-12,18-19,24H,5-6,13-17,20-21H2,1-3H3,(H,36,40). The number of pyridine rings is 2. The van der Waals surface area contributed by atoms with E-state index in [1.54, 1.807) is 46.5 Å². The fourth-order valence-corrected chi connectivity index (χ4v) is 5.62. The van der Waals surface area contributed by atoms with Crippen molar-refractivity contribution in [2.24, 2.45) is 0 Å². The molecule has 3 amide bonds. The first-order valence-corrected chi connectivity index (χ1v) is 15.3. The summed E-state index contributed by atoms with van der Waals surface area (Å²) in [6.45, 7) is 9.21. The quantitative estimate of drug-likeness (QED) is 0.409. The van der Waals surface area contributed by atoms with Crippen LogP contribution in [0.3, 0.4) is 0 Å². The predicted octanol–water partition coefficient (Wildman–Crippen LogP) is 4.50. The van der Waals surface area contributed by atoms with Gasteiger partial charge in [0.15, 0.2) is 0 Å². The summed E-state index contributed by atoms with van der Waals surface area (Å²) >= 11 is 0. The van der Waals surface area contributed by atoms with Crippen LogP contribution in [0.15, 0.2) is 54.9 Å². The van der Waals surface area contributed by atoms with E-state index < -0.39 is 11.5 Å². The van der Waals surface area contributed by atoms with E-state index in [2.05, 4.69) is 20.2 Å². The number of rotatable bonds is 7. The Morgan fingerprint density at radius 1 is 1.09 bits per heavy atom. The summed E-state index contributed by atoms with van der Waals surface area (Å²) in [6.07, 6.45) is 5.02. The molecule has 2 fully saturated rings. The van der Waals surface area contributed by atoms with Crippen LogP contribution in [0, 0.1) is 0 Å². The van der Waals surface area contributed by atoms with Crippen LogP contribution < -0.4 is 19.9 Å². The summed E-state index contributed by atoms with van der Waals surface area (Å²) in [5.74, 6) is 0.388. The van der Waals surface area contributed by atoms with Crippen LogP contribution in [0.1, 0.15) is 60.0 Å². The van der Waals surface area contributed by atoms with E-state index in [-0.39, 0.29) is 23.8 Å². The van der Waals surface area contributed by atoms with Crippen LogP contribution in [0.2, 0.25) is 0 Å². The van der Waals surface area contributed by atoms with Gasteiger partial charge < -0.3 is 29.3 Å². The summed E-state index contributed by atoms with van der Waals surface area (Å²) in [6, 6.07) is 12.4. The van der Waals surface area contributed by atoms with Crippen molar-refractivity contribution in [3.8, 4) is 5.75 Å². The van der Waals surface area contributed by atoms with Crippen LogP contribution >= 0.6 is 0 Å². The number of nitrogens with one attached hydrogen (secondary N) is 1. The molecule has 3 aromatic rings. The maximum atomic E-state index is 13.4. The highest BCUT2D eigenvalue weighted by molar-refractivity contribution is 6.10. The Kier molecular flexibility index (Phi) is 8.57. The zero-order chi connectivity index (χ0) is 31.6. The monoisotopic (exact) mass is 614 g/mol. The number of hydrogen-bond donors (Lipinski definition) is 1. The number of benzene rings is 1. The minimum atomic E-state index is -0.559. The third kappa shape index (κ3) is 7.01. The van der Waals surface area contributed by atoms with Crippen molar-refractivity contribution in [3.63, 3.8) is 0 Å². The molecule has 1 aromatic carbocycles. The van der Waals surface area contributed by atoms with Crippen molar-refractivity contribution < 1.29 is 28.6 Å². The summed E-state index contributed by atoms with van der Waals surface area (Å²) in [7, 11) is 0. The van der Waals surface area contributed by atoms with Gasteiger partial charge in [0.1, 0.15) is 29.5 Å². The molecule has 12 heteroatoms. The fraction of sp³-hybridized carbons (Fsp3) is 0.424. The van der Waals surface area contributed by atoms with Gasteiger partial charge in [0.25, 0.3) is 11.8 Å². The van der Waals surface area contributed by atoms with Gasteiger partial charge in [-0.05, 0) is 69.5 Å². The normalized spacial score (nSPS) is 18.2. The van der Waals surface area contributed by atoms with Gasteiger partial charge in [-0.15, -0.1) is 0 Å². The van der Waals surface area contributed by atoms with Gasteiger partial charge in [-0.3, -0.25) is 19.5 Å². The molecule has 1 N–H and O–H groups in total. The maximum absolute atomic E-state index is 13.4. The van der Waals surface area contributed by atoms with Gasteiger partial charge in [-0.25, -0.2) is 9.78 Å². The molecule has 0 spiro atoms. The summed E-state index contributed by atoms with van der Waals surface area (Å²) < 4.78 is 17.0. The van der Waals surface area contributed by atoms with Crippen molar-refractivity contribution >= 4 is 35.1 Å². The number of piperazine rings is 1. The molecular formula is C33H38N6O6. The molecule has 3 aliphatic rings. The van der Waals surface area contributed by atoms with Gasteiger partial charge in [0, 0.05) is 44.5 Å². The smallest absolute Gasteiger partial charge is 0.410 e. The van der Waals surface area contributed by atoms with Crippen molar-refractivity contribution in [3.05, 3.63) is 71.7 Å². The Balaban J connectivity index is 1.10. The Morgan fingerprint density at radius 2 is 1.91 bits per heavy atom. The molecule has 0 aliphatic carbocycles. The first-order valence-electron chi connectivity index (χ1n) is 15.3. The molecule has 236 valence electrons. The maximum Gasteiger partial charge on any atom is 0.410 e. The largest absolute Gasteiger partial charge is 0.491 e. The van der Waals surface area contributed by atoms with E-state index in [9.17, 15) is 14.4 Å². The second-order valence-corrected chi connectivity index (χ2v) is 12.3. The summed E-state index contributed by atoms with van der Waals surface area (Å²) in [4.78, 5) is 53.4. The van der Waals surface area contributed by atoms with Crippen molar-refractivity contribution in [2.75, 3.05) is 54.5 Å². The Morgan fingerprint density at radius 3 is 2.67 bits per heavy atom. The van der Waals surface area contributed by atoms with Crippen LogP contribution in [0.4, 0.5) is 22.0 Å². The number of ether oxygens (including phenoxy) is 3. The van der Waals surface area contributed by atoms with Gasteiger partial charge in [0.2, 0.25) is 0 Å². The van der Waals surface area contributed by atoms with Crippen molar-refractivity contribution in [2.45, 2.75) is 51.9 Å². The number of carbonyl (C=O) groups is 3. The first-order chi connectivity index (χ1) is 21.6. The zero-order valence-corrected chi connectivity index (χ0v) is 25.8. The van der Waals surface area contributed by atoms with Crippen molar-refractivity contribution in [1.29, 1.82) is 0 Å². The summed E-state index contributed by atoms with van der Waals surface area (Å²) in [5, 5.41) is 2.94. The molecule has 0 bridgehead atoms. The van der Waals surface area contributed by atoms with Gasteiger partial charge in [-0.1, -0.05) is 12.1 Å². The number of nitrogens with zero attached hydrogens (tertiary/aromatic N) is 5. The minimum absolute atomic E-state index is 0.0839. The topological polar surface area (TPSA) is 126 Å². The molecule has 0 radical (unpaired) electrons. The number of anilines is 3. The number of amides is 3. The number of hydrogen-bond acceptors (Lipinski definition) is 9. The van der Waals surface area contributed by atoms with Gasteiger partial charge in [-0.2, -0.15) is 0 Å². The van der Waals surface area contributed by atoms with E-state index >= 15 is 0 Å². The minimum Gasteiger partial charge on any atom is -0.491 e. The second-order valence-electron chi connectivity index (χ2n) is 12.3. The fourth-order valence-electron chi connectivity index (χ4n) is 5.62. The number of fused-ring (bicyclic) bond motifs is 1. The average Bonchev–Trinajstić information content (AvgIpc) is 3.67. The van der Waals surface area contributed by atoms with Crippen LogP contribution in [-0.4, -0.2) is 83.9 Å². The van der Waals surface area contributed by atoms with Crippen LogP contribution in [-0.2, 0) is 16.0 Å². The lowest BCUT2D eigenvalue weighted by molar-refractivity contribution is 0.0240. The second kappa shape index (κ2) is 12.7. The molecule has 0 saturated carbocycles. The molecule has 2 saturated heterocycles. The van der Waals surface area contributed by atoms with E-state index in [0.29, 0.717) is 62.1 Å². The highest BCUT2D eigenvalue weighted by atomic mass is 16.6. The zero-order valence-electron chi connectivity index (χ0n) is 25.8. The Labute approximate surface area is 262 Å². The first kappa shape index (κ1) is 30.3. The van der Waals surface area contributed by atoms with E-state index in [1.165, 1.54) is 0 Å². The molecule has 2 aromatic heterocycles. The van der Waals surface area contributed by atoms with E-state index in [0.717, 1.165) is 30.7 Å². The molecular weight excluding hydrogens is 576 g/mol. The van der Waals surface area contributed by atoms with Gasteiger partial charge in [0.05, 0.1) is 30.2 Å². The predicted molar refractivity (Wildman–Crippen MR) is 168 cm³/mol. The lowest BCUT2D eigenvalue weighted by Gasteiger charge is -2.37. The SMILES string of the molecule is CC(C)(C)OC(=O)N1CCN(c2ccncc2NC(=O)c2cccc(N3Cc4ccc(OCC5CCCO5)cc4C3=O)n2)CC1. The molecule has 3 aliphatic heterocycles. The summed E-state index contributed by atoms with van der Waals surface area (Å²) in [5.41, 5.74) is 2.36. The Bertz CT molecular complexity index is 1580. The van der Waals surface area contributed by atoms with Gasteiger partial charge >= 0.3 is 6.09 Å². The van der Waals surface area contributed by atoms with E-state index in [1.807, 2.05) is 39.0 Å². The van der Waals surface area contributed by atoms with Crippen molar-refractivity contribution in [1.82, 2.24) is 14.9 Å². The molecule has 5 heterocycles. The highest BCUT2D eigenvalue weighted by Gasteiger charge is 2.31. The lowest BCUT2D eigenvalue weighted by Crippen LogP contribution is -2.50. The lowest BCUT2D eigenvalue weighted by atomic mass is 10.1. The Hall–Kier alpha value is -4.71. The average molecular weight is 615 g/mol. The molecule has 1 atom stereocenters. The molecule has 1 unspecified atom stereocenters. The molecule has 45 heavy (non-hydrogen) atoms. The van der Waals surface area contributed by atoms with Crippen LogP contribution in [0.25, 0.3) is 0 Å². The third-order valence-electron chi connectivity index (χ3n) is 7.91. The number of aromatic nitrogens is 2. The van der Waals surface area contributed by atoms with E-state index in [4.69, 9.17) is 14.2 Å².